The highest BCUT2D eigenvalue weighted by atomic mass is 79.9. The van der Waals surface area contributed by atoms with Crippen molar-refractivity contribution in [2.45, 2.75) is 17.9 Å². The minimum absolute atomic E-state index is 0.0765. The van der Waals surface area contributed by atoms with Crippen molar-refractivity contribution >= 4 is 31.6 Å². The summed E-state index contributed by atoms with van der Waals surface area (Å²) in [4.78, 5) is 0.0765. The van der Waals surface area contributed by atoms with Crippen LogP contribution in [0.3, 0.4) is 0 Å². The third kappa shape index (κ3) is 3.78. The molecule has 2 rings (SSSR count). The number of benzene rings is 1. The Labute approximate surface area is 125 Å². The Morgan fingerprint density at radius 3 is 2.90 bits per heavy atom. The molecule has 0 spiro atoms. The second-order valence-electron chi connectivity index (χ2n) is 4.10. The van der Waals surface area contributed by atoms with E-state index in [1.54, 1.807) is 29.2 Å². The summed E-state index contributed by atoms with van der Waals surface area (Å²) in [6.07, 6.45) is 3.91. The van der Waals surface area contributed by atoms with E-state index in [4.69, 9.17) is 5.73 Å². The Balaban J connectivity index is 1.95. The van der Waals surface area contributed by atoms with Crippen LogP contribution in [-0.2, 0) is 16.6 Å². The van der Waals surface area contributed by atoms with Gasteiger partial charge in [0.25, 0.3) is 0 Å². The molecular weight excluding hydrogens is 346 g/mol. The van der Waals surface area contributed by atoms with Crippen LogP contribution < -0.4 is 10.5 Å². The summed E-state index contributed by atoms with van der Waals surface area (Å²) in [5.74, 6) is 0. The molecule has 0 atom stereocenters. The number of aryl methyl sites for hydroxylation is 1. The monoisotopic (exact) mass is 359 g/mol. The number of nitrogens with two attached hydrogens (primary N) is 1. The molecule has 9 heteroatoms. The first-order valence-electron chi connectivity index (χ1n) is 5.88. The molecule has 0 aliphatic carbocycles. The highest BCUT2D eigenvalue weighted by molar-refractivity contribution is 9.10. The third-order valence-electron chi connectivity index (χ3n) is 2.59. The molecule has 0 fully saturated rings. The standard InChI is InChI=1S/C11H14BrN5O2S/c12-9-2-3-10(13)11(8-9)20(18,19)15-4-1-6-17-7-5-14-16-17/h2-3,5,7-8,15H,1,4,6,13H2. The lowest BCUT2D eigenvalue weighted by molar-refractivity contribution is 0.542. The molecule has 0 bridgehead atoms. The van der Waals surface area contributed by atoms with Crippen molar-refractivity contribution in [1.82, 2.24) is 19.7 Å². The van der Waals surface area contributed by atoms with Gasteiger partial charge < -0.3 is 5.73 Å². The van der Waals surface area contributed by atoms with Crippen LogP contribution in [0.5, 0.6) is 0 Å². The Kier molecular flexibility index (Phi) is 4.73. The molecule has 2 aromatic rings. The van der Waals surface area contributed by atoms with E-state index in [-0.39, 0.29) is 10.6 Å². The van der Waals surface area contributed by atoms with E-state index in [2.05, 4.69) is 31.0 Å². The Hall–Kier alpha value is -1.45. The average Bonchev–Trinajstić information content (AvgIpc) is 2.90. The highest BCUT2D eigenvalue weighted by Crippen LogP contribution is 2.22. The smallest absolute Gasteiger partial charge is 0.242 e. The first-order chi connectivity index (χ1) is 9.49. The molecule has 108 valence electrons. The molecule has 1 heterocycles. The van der Waals surface area contributed by atoms with Gasteiger partial charge in [0.1, 0.15) is 4.90 Å². The molecule has 0 saturated carbocycles. The summed E-state index contributed by atoms with van der Waals surface area (Å²) in [6.45, 7) is 0.893. The SMILES string of the molecule is Nc1ccc(Br)cc1S(=O)(=O)NCCCn1ccnn1. The van der Waals surface area contributed by atoms with Gasteiger partial charge in [0.2, 0.25) is 10.0 Å². The predicted octanol–water partition coefficient (Wildman–Crippen LogP) is 0.991. The molecule has 1 aromatic carbocycles. The van der Waals surface area contributed by atoms with E-state index < -0.39 is 10.0 Å². The van der Waals surface area contributed by atoms with Crippen molar-refractivity contribution < 1.29 is 8.42 Å². The first-order valence-corrected chi connectivity index (χ1v) is 8.15. The van der Waals surface area contributed by atoms with E-state index >= 15 is 0 Å². The lowest BCUT2D eigenvalue weighted by Crippen LogP contribution is -2.26. The molecular formula is C11H14BrN5O2S. The normalized spacial score (nSPS) is 11.7. The molecule has 7 nitrogen and oxygen atoms in total. The maximum absolute atomic E-state index is 12.1. The molecule has 20 heavy (non-hydrogen) atoms. The van der Waals surface area contributed by atoms with Gasteiger partial charge in [-0.3, -0.25) is 4.68 Å². The van der Waals surface area contributed by atoms with E-state index in [9.17, 15) is 8.42 Å². The molecule has 0 saturated heterocycles. The maximum atomic E-state index is 12.1. The van der Waals surface area contributed by atoms with Gasteiger partial charge in [0, 0.05) is 23.8 Å². The van der Waals surface area contributed by atoms with Crippen molar-refractivity contribution in [3.05, 3.63) is 35.1 Å². The zero-order valence-electron chi connectivity index (χ0n) is 10.5. The van der Waals surface area contributed by atoms with Gasteiger partial charge in [0.15, 0.2) is 0 Å². The fourth-order valence-electron chi connectivity index (χ4n) is 1.62. The fraction of sp³-hybridized carbons (Fsp3) is 0.273. The average molecular weight is 360 g/mol. The van der Waals surface area contributed by atoms with Gasteiger partial charge in [-0.15, -0.1) is 5.10 Å². The maximum Gasteiger partial charge on any atom is 0.242 e. The van der Waals surface area contributed by atoms with Crippen molar-refractivity contribution in [1.29, 1.82) is 0 Å². The summed E-state index contributed by atoms with van der Waals surface area (Å²) >= 11 is 3.23. The molecule has 3 N–H and O–H groups in total. The van der Waals surface area contributed by atoms with Crippen molar-refractivity contribution in [3.63, 3.8) is 0 Å². The first kappa shape index (κ1) is 14.9. The van der Waals surface area contributed by atoms with Crippen molar-refractivity contribution in [2.75, 3.05) is 12.3 Å². The number of rotatable bonds is 6. The summed E-state index contributed by atoms with van der Waals surface area (Å²) in [7, 11) is -3.60. The zero-order valence-corrected chi connectivity index (χ0v) is 12.9. The number of nitrogens with one attached hydrogen (secondary N) is 1. The second-order valence-corrected chi connectivity index (χ2v) is 6.75. The lowest BCUT2D eigenvalue weighted by atomic mass is 10.3. The van der Waals surface area contributed by atoms with Crippen LogP contribution in [0.4, 0.5) is 5.69 Å². The topological polar surface area (TPSA) is 103 Å². The van der Waals surface area contributed by atoms with Crippen molar-refractivity contribution in [3.8, 4) is 0 Å². The van der Waals surface area contributed by atoms with Gasteiger partial charge in [-0.25, -0.2) is 13.1 Å². The Morgan fingerprint density at radius 1 is 1.40 bits per heavy atom. The van der Waals surface area contributed by atoms with Crippen LogP contribution in [0.25, 0.3) is 0 Å². The number of halogens is 1. The molecule has 1 aromatic heterocycles. The van der Waals surface area contributed by atoms with Crippen LogP contribution in [0, 0.1) is 0 Å². The van der Waals surface area contributed by atoms with E-state index in [1.165, 1.54) is 6.07 Å². The molecule has 0 aliphatic heterocycles. The van der Waals surface area contributed by atoms with Crippen LogP contribution >= 0.6 is 15.9 Å². The lowest BCUT2D eigenvalue weighted by Gasteiger charge is -2.09. The number of nitrogens with zero attached hydrogens (tertiary/aromatic N) is 3. The molecule has 0 unspecified atom stereocenters. The minimum Gasteiger partial charge on any atom is -0.398 e. The largest absolute Gasteiger partial charge is 0.398 e. The third-order valence-corrected chi connectivity index (χ3v) is 4.60. The Morgan fingerprint density at radius 2 is 2.20 bits per heavy atom. The fourth-order valence-corrected chi connectivity index (χ4v) is 3.36. The number of hydrogen-bond donors (Lipinski definition) is 2. The van der Waals surface area contributed by atoms with Gasteiger partial charge in [-0.1, -0.05) is 21.1 Å². The minimum atomic E-state index is -3.60. The summed E-state index contributed by atoms with van der Waals surface area (Å²) in [5, 5.41) is 7.47. The number of nitrogen functional groups attached to an aromatic ring is 1. The predicted molar refractivity (Wildman–Crippen MR) is 78.4 cm³/mol. The van der Waals surface area contributed by atoms with Crippen LogP contribution in [-0.4, -0.2) is 30.0 Å². The summed E-state index contributed by atoms with van der Waals surface area (Å²) in [5.41, 5.74) is 5.91. The summed E-state index contributed by atoms with van der Waals surface area (Å²) < 4.78 is 29.1. The molecule has 0 radical (unpaired) electrons. The van der Waals surface area contributed by atoms with Gasteiger partial charge in [-0.05, 0) is 24.6 Å². The van der Waals surface area contributed by atoms with Crippen LogP contribution in [0.2, 0.25) is 0 Å². The van der Waals surface area contributed by atoms with E-state index in [0.29, 0.717) is 24.0 Å². The number of aromatic nitrogens is 3. The van der Waals surface area contributed by atoms with Gasteiger partial charge in [0.05, 0.1) is 11.9 Å². The van der Waals surface area contributed by atoms with Crippen LogP contribution in [0.15, 0.2) is 40.0 Å². The zero-order chi connectivity index (χ0) is 14.6. The van der Waals surface area contributed by atoms with Crippen molar-refractivity contribution in [2.24, 2.45) is 0 Å². The number of hydrogen-bond acceptors (Lipinski definition) is 5. The second kappa shape index (κ2) is 6.33. The molecule has 0 aliphatic rings. The summed E-state index contributed by atoms with van der Waals surface area (Å²) in [6, 6.07) is 4.72. The quantitative estimate of drug-likeness (QED) is 0.591. The van der Waals surface area contributed by atoms with Gasteiger partial charge in [-0.2, -0.15) is 0 Å². The van der Waals surface area contributed by atoms with E-state index in [1.807, 2.05) is 0 Å². The molecule has 0 amide bonds. The van der Waals surface area contributed by atoms with E-state index in [0.717, 1.165) is 0 Å². The Bertz CT molecular complexity index is 672. The van der Waals surface area contributed by atoms with Crippen LogP contribution in [0.1, 0.15) is 6.42 Å². The van der Waals surface area contributed by atoms with Gasteiger partial charge >= 0.3 is 0 Å². The number of anilines is 1. The highest BCUT2D eigenvalue weighted by Gasteiger charge is 2.17. The number of sulfonamides is 1.